The smallest absolute Gasteiger partial charge is 0.251 e. The number of nitrogens with two attached hydrogens (primary N) is 1. The van der Waals surface area contributed by atoms with E-state index in [9.17, 15) is 14.3 Å². The molecule has 1 saturated carbocycles. The highest BCUT2D eigenvalue weighted by Crippen LogP contribution is 2.23. The molecular weight excluding hydrogens is 247 g/mol. The zero-order valence-electron chi connectivity index (χ0n) is 10.7. The fraction of sp³-hybridized carbons (Fsp3) is 0.500. The second-order valence-electron chi connectivity index (χ2n) is 5.13. The van der Waals surface area contributed by atoms with E-state index in [1.807, 2.05) is 0 Å². The van der Waals surface area contributed by atoms with Gasteiger partial charge in [-0.2, -0.15) is 0 Å². The second-order valence-corrected chi connectivity index (χ2v) is 5.13. The molecule has 0 spiro atoms. The summed E-state index contributed by atoms with van der Waals surface area (Å²) in [6, 6.07) is 3.94. The van der Waals surface area contributed by atoms with Crippen LogP contribution in [0, 0.1) is 11.7 Å². The number of rotatable bonds is 3. The molecule has 0 aromatic heterocycles. The van der Waals surface area contributed by atoms with Crippen molar-refractivity contribution in [2.75, 3.05) is 12.3 Å². The average Bonchev–Trinajstić information content (AvgIpc) is 2.39. The summed E-state index contributed by atoms with van der Waals surface area (Å²) in [5.74, 6) is -0.468. The molecule has 0 radical (unpaired) electrons. The van der Waals surface area contributed by atoms with Gasteiger partial charge in [0.2, 0.25) is 0 Å². The minimum Gasteiger partial charge on any atom is -0.396 e. The quantitative estimate of drug-likeness (QED) is 0.729. The van der Waals surface area contributed by atoms with Gasteiger partial charge in [0, 0.05) is 12.1 Å². The Morgan fingerprint density at radius 3 is 2.95 bits per heavy atom. The first-order chi connectivity index (χ1) is 9.06. The van der Waals surface area contributed by atoms with Gasteiger partial charge in [0.25, 0.3) is 5.91 Å². The minimum absolute atomic E-state index is 0.0271. The molecule has 0 bridgehead atoms. The molecule has 4 nitrogen and oxygen atoms in total. The molecule has 0 saturated heterocycles. The fourth-order valence-electron chi connectivity index (χ4n) is 2.47. The van der Waals surface area contributed by atoms with Crippen LogP contribution < -0.4 is 11.1 Å². The maximum atomic E-state index is 13.0. The molecule has 5 heteroatoms. The maximum Gasteiger partial charge on any atom is 0.251 e. The maximum absolute atomic E-state index is 13.0. The number of hydrogen-bond donors (Lipinski definition) is 3. The molecule has 1 aliphatic carbocycles. The monoisotopic (exact) mass is 266 g/mol. The SMILES string of the molecule is Nc1cc(C(=O)NCC2CCCC(O)C2)ccc1F. The number of nitrogens with one attached hydrogen (secondary N) is 1. The fourth-order valence-corrected chi connectivity index (χ4v) is 2.47. The van der Waals surface area contributed by atoms with E-state index in [0.717, 1.165) is 25.7 Å². The molecule has 1 amide bonds. The Morgan fingerprint density at radius 1 is 1.47 bits per heavy atom. The molecule has 1 aliphatic rings. The van der Waals surface area contributed by atoms with E-state index < -0.39 is 5.82 Å². The summed E-state index contributed by atoms with van der Waals surface area (Å²) in [6.45, 7) is 0.535. The number of amides is 1. The Balaban J connectivity index is 1.88. The van der Waals surface area contributed by atoms with E-state index in [0.29, 0.717) is 18.0 Å². The first-order valence-electron chi connectivity index (χ1n) is 6.57. The third-order valence-electron chi connectivity index (χ3n) is 3.56. The topological polar surface area (TPSA) is 75.4 Å². The zero-order chi connectivity index (χ0) is 13.8. The van der Waals surface area contributed by atoms with Crippen LogP contribution in [0.1, 0.15) is 36.0 Å². The van der Waals surface area contributed by atoms with E-state index >= 15 is 0 Å². The lowest BCUT2D eigenvalue weighted by Crippen LogP contribution is -2.33. The summed E-state index contributed by atoms with van der Waals surface area (Å²) in [4.78, 5) is 11.9. The molecule has 19 heavy (non-hydrogen) atoms. The van der Waals surface area contributed by atoms with Gasteiger partial charge in [-0.1, -0.05) is 6.42 Å². The lowest BCUT2D eigenvalue weighted by Gasteiger charge is -2.25. The average molecular weight is 266 g/mol. The number of carbonyl (C=O) groups is 1. The number of carbonyl (C=O) groups excluding carboxylic acids is 1. The molecule has 104 valence electrons. The van der Waals surface area contributed by atoms with Crippen LogP contribution in [0.25, 0.3) is 0 Å². The zero-order valence-corrected chi connectivity index (χ0v) is 10.7. The lowest BCUT2D eigenvalue weighted by atomic mass is 9.87. The van der Waals surface area contributed by atoms with Crippen molar-refractivity contribution in [3.05, 3.63) is 29.6 Å². The Morgan fingerprint density at radius 2 is 2.26 bits per heavy atom. The number of nitrogen functional groups attached to an aromatic ring is 1. The standard InChI is InChI=1S/C14H19FN2O2/c15-12-5-4-10(7-13(12)16)14(19)17-8-9-2-1-3-11(18)6-9/h4-5,7,9,11,18H,1-3,6,8,16H2,(H,17,19). The van der Waals surface area contributed by atoms with Crippen molar-refractivity contribution in [1.29, 1.82) is 0 Å². The van der Waals surface area contributed by atoms with Crippen LogP contribution in [0.2, 0.25) is 0 Å². The molecule has 1 fully saturated rings. The van der Waals surface area contributed by atoms with E-state index in [2.05, 4.69) is 5.32 Å². The summed E-state index contributed by atoms with van der Waals surface area (Å²) >= 11 is 0. The van der Waals surface area contributed by atoms with Crippen LogP contribution in [-0.4, -0.2) is 23.7 Å². The molecule has 1 aromatic rings. The Labute approximate surface area is 111 Å². The number of benzene rings is 1. The van der Waals surface area contributed by atoms with Gasteiger partial charge >= 0.3 is 0 Å². The van der Waals surface area contributed by atoms with Gasteiger partial charge in [-0.15, -0.1) is 0 Å². The molecule has 2 rings (SSSR count). The number of halogens is 1. The predicted molar refractivity (Wildman–Crippen MR) is 71.1 cm³/mol. The van der Waals surface area contributed by atoms with Crippen LogP contribution in [0.15, 0.2) is 18.2 Å². The molecule has 4 N–H and O–H groups in total. The van der Waals surface area contributed by atoms with Crippen molar-refractivity contribution in [1.82, 2.24) is 5.32 Å². The Hall–Kier alpha value is -1.62. The molecule has 1 aromatic carbocycles. The summed E-state index contributed by atoms with van der Waals surface area (Å²) in [5.41, 5.74) is 5.76. The van der Waals surface area contributed by atoms with Crippen molar-refractivity contribution >= 4 is 11.6 Å². The third kappa shape index (κ3) is 3.67. The molecular formula is C14H19FN2O2. The highest BCUT2D eigenvalue weighted by Gasteiger charge is 2.20. The van der Waals surface area contributed by atoms with Crippen LogP contribution in [0.3, 0.4) is 0 Å². The van der Waals surface area contributed by atoms with Gasteiger partial charge in [-0.05, 0) is 43.4 Å². The normalized spacial score (nSPS) is 23.1. The van der Waals surface area contributed by atoms with Crippen LogP contribution in [0.5, 0.6) is 0 Å². The van der Waals surface area contributed by atoms with Crippen molar-refractivity contribution < 1.29 is 14.3 Å². The second kappa shape index (κ2) is 6.02. The molecule has 2 unspecified atom stereocenters. The lowest BCUT2D eigenvalue weighted by molar-refractivity contribution is 0.0874. The number of hydrogen-bond acceptors (Lipinski definition) is 3. The van der Waals surface area contributed by atoms with Crippen molar-refractivity contribution in [2.45, 2.75) is 31.8 Å². The van der Waals surface area contributed by atoms with Gasteiger partial charge in [0.15, 0.2) is 0 Å². The number of aliphatic hydroxyl groups is 1. The predicted octanol–water partition coefficient (Wildman–Crippen LogP) is 1.69. The van der Waals surface area contributed by atoms with Gasteiger partial charge in [0.1, 0.15) is 5.82 Å². The van der Waals surface area contributed by atoms with E-state index in [-0.39, 0.29) is 17.7 Å². The van der Waals surface area contributed by atoms with Crippen molar-refractivity contribution in [3.63, 3.8) is 0 Å². The van der Waals surface area contributed by atoms with Crippen molar-refractivity contribution in [2.24, 2.45) is 5.92 Å². The number of anilines is 1. The largest absolute Gasteiger partial charge is 0.396 e. The van der Waals surface area contributed by atoms with Gasteiger partial charge in [-0.25, -0.2) is 4.39 Å². The van der Waals surface area contributed by atoms with Gasteiger partial charge in [0.05, 0.1) is 11.8 Å². The summed E-state index contributed by atoms with van der Waals surface area (Å²) in [5, 5.41) is 12.4. The molecule has 2 atom stereocenters. The summed E-state index contributed by atoms with van der Waals surface area (Å²) in [7, 11) is 0. The van der Waals surface area contributed by atoms with Gasteiger partial charge in [-0.3, -0.25) is 4.79 Å². The first-order valence-corrected chi connectivity index (χ1v) is 6.57. The highest BCUT2D eigenvalue weighted by atomic mass is 19.1. The highest BCUT2D eigenvalue weighted by molar-refractivity contribution is 5.95. The molecule has 0 heterocycles. The van der Waals surface area contributed by atoms with Crippen molar-refractivity contribution in [3.8, 4) is 0 Å². The first kappa shape index (κ1) is 13.8. The minimum atomic E-state index is -0.521. The Bertz CT molecular complexity index is 465. The van der Waals surface area contributed by atoms with E-state index in [4.69, 9.17) is 5.73 Å². The van der Waals surface area contributed by atoms with Crippen LogP contribution in [-0.2, 0) is 0 Å². The van der Waals surface area contributed by atoms with E-state index in [1.54, 1.807) is 0 Å². The third-order valence-corrected chi connectivity index (χ3v) is 3.56. The number of aliphatic hydroxyl groups excluding tert-OH is 1. The van der Waals surface area contributed by atoms with Crippen LogP contribution >= 0.6 is 0 Å². The summed E-state index contributed by atoms with van der Waals surface area (Å²) in [6.07, 6.45) is 3.33. The van der Waals surface area contributed by atoms with Crippen LogP contribution in [0.4, 0.5) is 10.1 Å². The van der Waals surface area contributed by atoms with E-state index in [1.165, 1.54) is 18.2 Å². The Kier molecular flexibility index (Phi) is 4.37. The van der Waals surface area contributed by atoms with Gasteiger partial charge < -0.3 is 16.2 Å². The molecule has 0 aliphatic heterocycles. The summed E-state index contributed by atoms with van der Waals surface area (Å²) < 4.78 is 13.0.